The van der Waals surface area contributed by atoms with Crippen LogP contribution in [0.5, 0.6) is 0 Å². The molecule has 2 aromatic rings. The van der Waals surface area contributed by atoms with Crippen molar-refractivity contribution >= 4 is 29.4 Å². The molecule has 0 spiro atoms. The van der Waals surface area contributed by atoms with Crippen LogP contribution in [0.3, 0.4) is 0 Å². The Kier molecular flexibility index (Phi) is 5.63. The molecule has 1 saturated heterocycles. The normalized spacial score (nSPS) is 14.6. The van der Waals surface area contributed by atoms with E-state index in [9.17, 15) is 9.59 Å². The first-order chi connectivity index (χ1) is 11.7. The molecular weight excluding hydrogens is 342 g/mol. The molecule has 1 fully saturated rings. The van der Waals surface area contributed by atoms with Crippen molar-refractivity contribution in [1.29, 1.82) is 0 Å². The summed E-state index contributed by atoms with van der Waals surface area (Å²) in [6.07, 6.45) is 2.03. The predicted molar refractivity (Wildman–Crippen MR) is 99.6 cm³/mol. The number of carbonyl (C=O) groups excluding carboxylic acids is 1. The number of aromatic nitrogens is 2. The maximum absolute atomic E-state index is 12.4. The van der Waals surface area contributed by atoms with Crippen molar-refractivity contribution in [2.24, 2.45) is 0 Å². The zero-order valence-electron chi connectivity index (χ0n) is 13.5. The number of benzene rings is 1. The molecule has 0 N–H and O–H groups in total. The summed E-state index contributed by atoms with van der Waals surface area (Å²) in [5.74, 6) is 1.87. The van der Waals surface area contributed by atoms with Crippen molar-refractivity contribution in [2.45, 2.75) is 11.4 Å². The zero-order chi connectivity index (χ0) is 16.9. The SMILES string of the molecule is CSc1ccc(-c2ccc(=O)n(CC(=O)N3CCSCC3)n2)cc1. The summed E-state index contributed by atoms with van der Waals surface area (Å²) in [5.41, 5.74) is 1.38. The summed E-state index contributed by atoms with van der Waals surface area (Å²) < 4.78 is 1.27. The minimum atomic E-state index is -0.251. The first-order valence-electron chi connectivity index (χ1n) is 7.75. The molecule has 0 aliphatic carbocycles. The molecule has 0 unspecified atom stereocenters. The lowest BCUT2D eigenvalue weighted by molar-refractivity contribution is -0.131. The Balaban J connectivity index is 1.80. The van der Waals surface area contributed by atoms with Crippen molar-refractivity contribution in [3.05, 3.63) is 46.8 Å². The molecule has 3 rings (SSSR count). The average molecular weight is 361 g/mol. The fraction of sp³-hybridized carbons (Fsp3) is 0.353. The molecule has 1 aliphatic heterocycles. The van der Waals surface area contributed by atoms with Crippen molar-refractivity contribution in [1.82, 2.24) is 14.7 Å². The van der Waals surface area contributed by atoms with Gasteiger partial charge in [0.25, 0.3) is 5.56 Å². The molecule has 1 aromatic carbocycles. The number of amides is 1. The summed E-state index contributed by atoms with van der Waals surface area (Å²) in [6, 6.07) is 11.2. The first-order valence-corrected chi connectivity index (χ1v) is 10.1. The van der Waals surface area contributed by atoms with E-state index in [2.05, 4.69) is 5.10 Å². The molecule has 0 saturated carbocycles. The van der Waals surface area contributed by atoms with Gasteiger partial charge in [0, 0.05) is 41.1 Å². The second kappa shape index (κ2) is 7.90. The van der Waals surface area contributed by atoms with Gasteiger partial charge in [0.15, 0.2) is 0 Å². The van der Waals surface area contributed by atoms with Gasteiger partial charge in [0.2, 0.25) is 5.91 Å². The molecule has 0 bridgehead atoms. The lowest BCUT2D eigenvalue weighted by Crippen LogP contribution is -2.41. The largest absolute Gasteiger partial charge is 0.339 e. The Hall–Kier alpha value is -1.73. The van der Waals surface area contributed by atoms with Gasteiger partial charge in [-0.2, -0.15) is 16.9 Å². The molecule has 2 heterocycles. The van der Waals surface area contributed by atoms with Gasteiger partial charge in [-0.05, 0) is 24.5 Å². The van der Waals surface area contributed by atoms with E-state index in [4.69, 9.17) is 0 Å². The second-order valence-electron chi connectivity index (χ2n) is 5.44. The molecule has 126 valence electrons. The second-order valence-corrected chi connectivity index (χ2v) is 7.54. The molecule has 1 aliphatic rings. The first kappa shape index (κ1) is 17.1. The number of hydrogen-bond acceptors (Lipinski definition) is 5. The number of rotatable bonds is 4. The summed E-state index contributed by atoms with van der Waals surface area (Å²) in [4.78, 5) is 27.4. The van der Waals surface area contributed by atoms with Gasteiger partial charge in [-0.3, -0.25) is 9.59 Å². The molecule has 24 heavy (non-hydrogen) atoms. The molecular formula is C17H19N3O2S2. The highest BCUT2D eigenvalue weighted by Gasteiger charge is 2.18. The van der Waals surface area contributed by atoms with E-state index in [1.807, 2.05) is 47.2 Å². The van der Waals surface area contributed by atoms with Gasteiger partial charge in [-0.15, -0.1) is 11.8 Å². The van der Waals surface area contributed by atoms with E-state index in [-0.39, 0.29) is 18.0 Å². The number of nitrogens with zero attached hydrogens (tertiary/aromatic N) is 3. The Labute approximate surface area is 149 Å². The predicted octanol–water partition coefficient (Wildman–Crippen LogP) is 2.21. The lowest BCUT2D eigenvalue weighted by atomic mass is 10.1. The molecule has 0 radical (unpaired) electrons. The summed E-state index contributed by atoms with van der Waals surface area (Å²) >= 11 is 3.52. The third-order valence-corrected chi connectivity index (χ3v) is 5.59. The van der Waals surface area contributed by atoms with Gasteiger partial charge in [-0.25, -0.2) is 4.68 Å². The van der Waals surface area contributed by atoms with E-state index in [1.54, 1.807) is 17.8 Å². The van der Waals surface area contributed by atoms with Crippen molar-refractivity contribution in [2.75, 3.05) is 30.9 Å². The highest BCUT2D eigenvalue weighted by Crippen LogP contribution is 2.20. The number of carbonyl (C=O) groups is 1. The fourth-order valence-electron chi connectivity index (χ4n) is 2.52. The molecule has 1 amide bonds. The number of hydrogen-bond donors (Lipinski definition) is 0. The molecule has 1 aromatic heterocycles. The molecule has 7 heteroatoms. The van der Waals surface area contributed by atoms with Crippen LogP contribution in [0.15, 0.2) is 46.1 Å². The van der Waals surface area contributed by atoms with Crippen LogP contribution >= 0.6 is 23.5 Å². The van der Waals surface area contributed by atoms with E-state index in [0.29, 0.717) is 5.69 Å². The topological polar surface area (TPSA) is 55.2 Å². The maximum atomic E-state index is 12.4. The van der Waals surface area contributed by atoms with E-state index >= 15 is 0 Å². The van der Waals surface area contributed by atoms with E-state index in [1.165, 1.54) is 15.6 Å². The van der Waals surface area contributed by atoms with Crippen LogP contribution in [0.25, 0.3) is 11.3 Å². The quantitative estimate of drug-likeness (QED) is 0.782. The van der Waals surface area contributed by atoms with E-state index < -0.39 is 0 Å². The number of thioether (sulfide) groups is 2. The van der Waals surface area contributed by atoms with Crippen LogP contribution in [-0.2, 0) is 11.3 Å². The third kappa shape index (κ3) is 4.02. The van der Waals surface area contributed by atoms with Gasteiger partial charge >= 0.3 is 0 Å². The Morgan fingerprint density at radius 1 is 1.17 bits per heavy atom. The Morgan fingerprint density at radius 3 is 2.54 bits per heavy atom. The van der Waals surface area contributed by atoms with Crippen LogP contribution in [0.1, 0.15) is 0 Å². The standard InChI is InChI=1S/C17H19N3O2S2/c1-23-14-4-2-13(3-5-14)15-6-7-16(21)20(18-15)12-17(22)19-8-10-24-11-9-19/h2-7H,8-12H2,1H3. The maximum Gasteiger partial charge on any atom is 0.267 e. The minimum absolute atomic E-state index is 0.000234. The molecule has 0 atom stereocenters. The summed E-state index contributed by atoms with van der Waals surface area (Å²) in [6.45, 7) is 1.49. The monoisotopic (exact) mass is 361 g/mol. The summed E-state index contributed by atoms with van der Waals surface area (Å²) in [5, 5.41) is 4.38. The Morgan fingerprint density at radius 2 is 1.88 bits per heavy atom. The van der Waals surface area contributed by atoms with E-state index in [0.717, 1.165) is 30.2 Å². The van der Waals surface area contributed by atoms with Crippen molar-refractivity contribution in [3.63, 3.8) is 0 Å². The lowest BCUT2D eigenvalue weighted by Gasteiger charge is -2.26. The zero-order valence-corrected chi connectivity index (χ0v) is 15.1. The fourth-order valence-corrected chi connectivity index (χ4v) is 3.83. The third-order valence-electron chi connectivity index (χ3n) is 3.90. The molecule has 5 nitrogen and oxygen atoms in total. The highest BCUT2D eigenvalue weighted by atomic mass is 32.2. The van der Waals surface area contributed by atoms with Crippen LogP contribution in [0.2, 0.25) is 0 Å². The smallest absolute Gasteiger partial charge is 0.267 e. The van der Waals surface area contributed by atoms with Crippen molar-refractivity contribution < 1.29 is 4.79 Å². The van der Waals surface area contributed by atoms with Crippen LogP contribution in [0, 0.1) is 0 Å². The average Bonchev–Trinajstić information content (AvgIpc) is 2.64. The summed E-state index contributed by atoms with van der Waals surface area (Å²) in [7, 11) is 0. The van der Waals surface area contributed by atoms with Crippen LogP contribution in [-0.4, -0.2) is 51.4 Å². The van der Waals surface area contributed by atoms with Crippen molar-refractivity contribution in [3.8, 4) is 11.3 Å². The van der Waals surface area contributed by atoms with Crippen LogP contribution < -0.4 is 5.56 Å². The van der Waals surface area contributed by atoms with Crippen LogP contribution in [0.4, 0.5) is 0 Å². The van der Waals surface area contributed by atoms with Gasteiger partial charge in [0.05, 0.1) is 5.69 Å². The van der Waals surface area contributed by atoms with Gasteiger partial charge < -0.3 is 4.90 Å². The Bertz CT molecular complexity index is 768. The highest BCUT2D eigenvalue weighted by molar-refractivity contribution is 7.99. The van der Waals surface area contributed by atoms with Gasteiger partial charge in [0.1, 0.15) is 6.54 Å². The van der Waals surface area contributed by atoms with Gasteiger partial charge in [-0.1, -0.05) is 12.1 Å². The minimum Gasteiger partial charge on any atom is -0.339 e.